The van der Waals surface area contributed by atoms with Crippen LogP contribution in [0.1, 0.15) is 39.9 Å². The molecule has 0 N–H and O–H groups in total. The quantitative estimate of drug-likeness (QED) is 0.795. The van der Waals surface area contributed by atoms with E-state index >= 15 is 0 Å². The number of amides is 1. The maximum Gasteiger partial charge on any atom is 0.254 e. The van der Waals surface area contributed by atoms with Crippen molar-refractivity contribution in [3.8, 4) is 0 Å². The number of rotatable bonds is 4. The normalized spacial score (nSPS) is 19.1. The van der Waals surface area contributed by atoms with Gasteiger partial charge in [0, 0.05) is 24.7 Å². The number of benzene rings is 2. The molecule has 1 unspecified atom stereocenters. The average Bonchev–Trinajstić information content (AvgIpc) is 3.29. The van der Waals surface area contributed by atoms with Gasteiger partial charge in [0.1, 0.15) is 0 Å². The Hall–Kier alpha value is -2.34. The molecule has 0 aliphatic carbocycles. The summed E-state index contributed by atoms with van der Waals surface area (Å²) in [5.74, 6) is 0.0511. The smallest absolute Gasteiger partial charge is 0.254 e. The highest BCUT2D eigenvalue weighted by Crippen LogP contribution is 2.32. The highest BCUT2D eigenvalue weighted by molar-refractivity contribution is 7.92. The first-order valence-electron chi connectivity index (χ1n) is 9.80. The molecule has 1 amide bonds. The molecule has 2 aromatic rings. The maximum absolute atomic E-state index is 13.2. The van der Waals surface area contributed by atoms with E-state index in [0.717, 1.165) is 31.4 Å². The molecule has 0 bridgehead atoms. The van der Waals surface area contributed by atoms with Crippen LogP contribution in [-0.2, 0) is 22.9 Å². The number of carbonyl (C=O) groups is 1. The van der Waals surface area contributed by atoms with E-state index in [1.54, 1.807) is 12.1 Å². The number of aryl methyl sites for hydroxylation is 1. The van der Waals surface area contributed by atoms with Crippen molar-refractivity contribution >= 4 is 21.6 Å². The number of anilines is 1. The molecule has 0 spiro atoms. The van der Waals surface area contributed by atoms with Crippen LogP contribution in [0.4, 0.5) is 5.69 Å². The summed E-state index contributed by atoms with van der Waals surface area (Å²) in [5.41, 5.74) is 4.80. The van der Waals surface area contributed by atoms with E-state index < -0.39 is 10.0 Å². The minimum atomic E-state index is -3.27. The van der Waals surface area contributed by atoms with Crippen molar-refractivity contribution in [2.45, 2.75) is 38.6 Å². The van der Waals surface area contributed by atoms with E-state index in [1.807, 2.05) is 11.0 Å². The number of hydrogen-bond acceptors (Lipinski definition) is 3. The minimum absolute atomic E-state index is 0.0511. The van der Waals surface area contributed by atoms with Gasteiger partial charge >= 0.3 is 0 Å². The standard InChI is InChI=1S/C22H26N2O3S/c1-16-5-7-17(8-6-16)14-20-4-3-12-23(20)22(25)19-9-10-21-18(15-19)11-13-24(21)28(2,26)27/h5-10,15,20H,3-4,11-14H2,1-2H3. The zero-order valence-corrected chi connectivity index (χ0v) is 17.2. The molecule has 2 aromatic carbocycles. The van der Waals surface area contributed by atoms with Gasteiger partial charge < -0.3 is 4.90 Å². The predicted octanol–water partition coefficient (Wildman–Crippen LogP) is 3.16. The van der Waals surface area contributed by atoms with Crippen molar-refractivity contribution < 1.29 is 13.2 Å². The molecule has 148 valence electrons. The Morgan fingerprint density at radius 1 is 1.11 bits per heavy atom. The minimum Gasteiger partial charge on any atom is -0.335 e. The molecule has 0 saturated carbocycles. The lowest BCUT2D eigenvalue weighted by atomic mass is 10.0. The highest BCUT2D eigenvalue weighted by atomic mass is 32.2. The molecule has 5 nitrogen and oxygen atoms in total. The molecule has 1 saturated heterocycles. The molecule has 6 heteroatoms. The monoisotopic (exact) mass is 398 g/mol. The second-order valence-corrected chi connectivity index (χ2v) is 9.82. The van der Waals surface area contributed by atoms with E-state index in [-0.39, 0.29) is 11.9 Å². The number of hydrogen-bond donors (Lipinski definition) is 0. The molecular weight excluding hydrogens is 372 g/mol. The second kappa shape index (κ2) is 7.24. The maximum atomic E-state index is 13.2. The van der Waals surface area contributed by atoms with Crippen LogP contribution in [0, 0.1) is 6.92 Å². The lowest BCUT2D eigenvalue weighted by Crippen LogP contribution is -2.36. The molecule has 1 fully saturated rings. The fraction of sp³-hybridized carbons (Fsp3) is 0.409. The number of carbonyl (C=O) groups excluding carboxylic acids is 1. The Labute approximate surface area is 167 Å². The number of nitrogens with zero attached hydrogens (tertiary/aromatic N) is 2. The number of fused-ring (bicyclic) bond motifs is 1. The molecule has 2 aliphatic rings. The Morgan fingerprint density at radius 2 is 1.86 bits per heavy atom. The third kappa shape index (κ3) is 3.65. The van der Waals surface area contributed by atoms with Gasteiger partial charge in [-0.15, -0.1) is 0 Å². The first-order valence-corrected chi connectivity index (χ1v) is 11.6. The van der Waals surface area contributed by atoms with Gasteiger partial charge in [0.15, 0.2) is 0 Å². The molecule has 0 aromatic heterocycles. The Morgan fingerprint density at radius 3 is 2.57 bits per heavy atom. The molecular formula is C22H26N2O3S. The third-order valence-electron chi connectivity index (χ3n) is 5.81. The zero-order chi connectivity index (χ0) is 19.9. The van der Waals surface area contributed by atoms with Crippen LogP contribution >= 0.6 is 0 Å². The summed E-state index contributed by atoms with van der Waals surface area (Å²) in [7, 11) is -3.27. The number of likely N-dealkylation sites (tertiary alicyclic amines) is 1. The highest BCUT2D eigenvalue weighted by Gasteiger charge is 2.31. The molecule has 4 rings (SSSR count). The lowest BCUT2D eigenvalue weighted by molar-refractivity contribution is 0.0736. The first-order chi connectivity index (χ1) is 13.3. The van der Waals surface area contributed by atoms with Crippen molar-refractivity contribution in [1.82, 2.24) is 4.90 Å². The second-order valence-electron chi connectivity index (χ2n) is 7.91. The summed E-state index contributed by atoms with van der Waals surface area (Å²) in [4.78, 5) is 15.2. The fourth-order valence-corrected chi connectivity index (χ4v) is 5.28. The lowest BCUT2D eigenvalue weighted by Gasteiger charge is -2.25. The molecule has 0 radical (unpaired) electrons. The SMILES string of the molecule is Cc1ccc(CC2CCCN2C(=O)c2ccc3c(c2)CCN3S(C)(=O)=O)cc1. The van der Waals surface area contributed by atoms with Crippen LogP contribution in [0.5, 0.6) is 0 Å². The average molecular weight is 399 g/mol. The van der Waals surface area contributed by atoms with Gasteiger partial charge in [-0.2, -0.15) is 0 Å². The number of sulfonamides is 1. The largest absolute Gasteiger partial charge is 0.335 e. The summed E-state index contributed by atoms with van der Waals surface area (Å²) >= 11 is 0. The van der Waals surface area contributed by atoms with Crippen molar-refractivity contribution in [3.63, 3.8) is 0 Å². The topological polar surface area (TPSA) is 57.7 Å². The van der Waals surface area contributed by atoms with Gasteiger partial charge in [-0.1, -0.05) is 29.8 Å². The van der Waals surface area contributed by atoms with Gasteiger partial charge in [0.25, 0.3) is 5.91 Å². The Kier molecular flexibility index (Phi) is 4.91. The van der Waals surface area contributed by atoms with Crippen LogP contribution in [0.15, 0.2) is 42.5 Å². The Balaban J connectivity index is 1.53. The summed E-state index contributed by atoms with van der Waals surface area (Å²) in [6, 6.07) is 14.2. The summed E-state index contributed by atoms with van der Waals surface area (Å²) in [5, 5.41) is 0. The molecule has 2 heterocycles. The summed E-state index contributed by atoms with van der Waals surface area (Å²) in [6.07, 6.45) is 4.79. The van der Waals surface area contributed by atoms with Gasteiger partial charge in [0.05, 0.1) is 11.9 Å². The van der Waals surface area contributed by atoms with Gasteiger partial charge in [-0.25, -0.2) is 8.42 Å². The summed E-state index contributed by atoms with van der Waals surface area (Å²) < 4.78 is 25.2. The van der Waals surface area contributed by atoms with E-state index in [4.69, 9.17) is 0 Å². The molecule has 2 aliphatic heterocycles. The predicted molar refractivity (Wildman–Crippen MR) is 111 cm³/mol. The van der Waals surface area contributed by atoms with Crippen LogP contribution in [-0.4, -0.2) is 44.6 Å². The van der Waals surface area contributed by atoms with E-state index in [1.165, 1.54) is 21.7 Å². The van der Waals surface area contributed by atoms with E-state index in [9.17, 15) is 13.2 Å². The van der Waals surface area contributed by atoms with Crippen LogP contribution in [0.2, 0.25) is 0 Å². The van der Waals surface area contributed by atoms with Crippen LogP contribution < -0.4 is 4.31 Å². The third-order valence-corrected chi connectivity index (χ3v) is 6.99. The zero-order valence-electron chi connectivity index (χ0n) is 16.4. The molecule has 28 heavy (non-hydrogen) atoms. The van der Waals surface area contributed by atoms with Crippen molar-refractivity contribution in [2.75, 3.05) is 23.7 Å². The fourth-order valence-electron chi connectivity index (χ4n) is 4.33. The van der Waals surface area contributed by atoms with Crippen LogP contribution in [0.3, 0.4) is 0 Å². The van der Waals surface area contributed by atoms with Crippen molar-refractivity contribution in [1.29, 1.82) is 0 Å². The van der Waals surface area contributed by atoms with Crippen molar-refractivity contribution in [3.05, 3.63) is 64.7 Å². The van der Waals surface area contributed by atoms with Crippen molar-refractivity contribution in [2.24, 2.45) is 0 Å². The molecule has 1 atom stereocenters. The summed E-state index contributed by atoms with van der Waals surface area (Å²) in [6.45, 7) is 3.31. The van der Waals surface area contributed by atoms with Crippen LogP contribution in [0.25, 0.3) is 0 Å². The van der Waals surface area contributed by atoms with Gasteiger partial charge in [0.2, 0.25) is 10.0 Å². The first kappa shape index (κ1) is 19.0. The van der Waals surface area contributed by atoms with Gasteiger partial charge in [-0.05, 0) is 61.9 Å². The Bertz CT molecular complexity index is 999. The van der Waals surface area contributed by atoms with Gasteiger partial charge in [-0.3, -0.25) is 9.10 Å². The van der Waals surface area contributed by atoms with E-state index in [2.05, 4.69) is 31.2 Å². The van der Waals surface area contributed by atoms with E-state index in [0.29, 0.717) is 24.2 Å².